The molecule has 8 heteroatoms. The normalized spacial score (nSPS) is 13.7. The third kappa shape index (κ3) is 4.13. The minimum atomic E-state index is -3.72. The van der Waals surface area contributed by atoms with Gasteiger partial charge in [0.2, 0.25) is 0 Å². The van der Waals surface area contributed by atoms with Crippen LogP contribution in [0.5, 0.6) is 0 Å². The van der Waals surface area contributed by atoms with Crippen LogP contribution in [0.25, 0.3) is 0 Å². The van der Waals surface area contributed by atoms with E-state index in [0.29, 0.717) is 5.76 Å². The lowest BCUT2D eigenvalue weighted by molar-refractivity contribution is -0.137. The van der Waals surface area contributed by atoms with Gasteiger partial charge in [-0.3, -0.25) is 4.79 Å². The number of aliphatic carboxylic acids is 1. The van der Waals surface area contributed by atoms with Crippen LogP contribution in [-0.2, 0) is 15.0 Å². The molecule has 1 rings (SSSR count). The molecule has 0 saturated heterocycles. The van der Waals surface area contributed by atoms with Crippen LogP contribution in [0.3, 0.4) is 0 Å². The zero-order valence-corrected chi connectivity index (χ0v) is 11.0. The zero-order chi connectivity index (χ0) is 13.8. The molecule has 0 radical (unpaired) electrons. The van der Waals surface area contributed by atoms with Gasteiger partial charge in [0.05, 0.1) is 18.7 Å². The Balaban J connectivity index is 2.61. The average molecular weight is 276 g/mol. The van der Waals surface area contributed by atoms with Crippen molar-refractivity contribution in [3.8, 4) is 0 Å². The third-order valence-electron chi connectivity index (χ3n) is 2.35. The largest absolute Gasteiger partial charge is 0.481 e. The number of carboxylic acids is 1. The molecule has 1 heterocycles. The van der Waals surface area contributed by atoms with Gasteiger partial charge in [-0.05, 0) is 19.1 Å². The summed E-state index contributed by atoms with van der Waals surface area (Å²) >= 11 is 0. The molecule has 102 valence electrons. The number of hydrogen-bond acceptors (Lipinski definition) is 4. The van der Waals surface area contributed by atoms with Crippen LogP contribution < -0.4 is 4.72 Å². The molecule has 0 aromatic carbocycles. The van der Waals surface area contributed by atoms with Crippen LogP contribution in [0.2, 0.25) is 0 Å². The van der Waals surface area contributed by atoms with Gasteiger partial charge >= 0.3 is 5.97 Å². The number of carbonyl (C=O) groups is 1. The molecule has 1 aromatic heterocycles. The van der Waals surface area contributed by atoms with Crippen LogP contribution in [-0.4, -0.2) is 37.4 Å². The second-order valence-corrected chi connectivity index (χ2v) is 5.63. The predicted molar refractivity (Wildman–Crippen MR) is 64.1 cm³/mol. The molecule has 0 amide bonds. The second kappa shape index (κ2) is 5.98. The molecule has 0 saturated carbocycles. The number of nitrogens with one attached hydrogen (secondary N) is 1. The minimum Gasteiger partial charge on any atom is -0.481 e. The van der Waals surface area contributed by atoms with Gasteiger partial charge in [-0.1, -0.05) is 0 Å². The summed E-state index contributed by atoms with van der Waals surface area (Å²) in [5.74, 6) is -0.554. The predicted octanol–water partition coefficient (Wildman–Crippen LogP) is 0.582. The van der Waals surface area contributed by atoms with Crippen molar-refractivity contribution in [2.75, 3.05) is 13.6 Å². The molecule has 0 unspecified atom stereocenters. The minimum absolute atomic E-state index is 0.0878. The van der Waals surface area contributed by atoms with E-state index in [2.05, 4.69) is 4.72 Å². The van der Waals surface area contributed by atoms with Crippen molar-refractivity contribution in [3.05, 3.63) is 24.2 Å². The number of hydrogen-bond donors (Lipinski definition) is 2. The Kier molecular flexibility index (Phi) is 4.88. The molecular weight excluding hydrogens is 260 g/mol. The van der Waals surface area contributed by atoms with E-state index in [9.17, 15) is 13.2 Å². The first-order valence-electron chi connectivity index (χ1n) is 5.31. The van der Waals surface area contributed by atoms with Crippen molar-refractivity contribution in [1.29, 1.82) is 0 Å². The van der Waals surface area contributed by atoms with E-state index in [0.717, 1.165) is 4.31 Å². The summed E-state index contributed by atoms with van der Waals surface area (Å²) in [6.45, 7) is 1.55. The first-order valence-corrected chi connectivity index (χ1v) is 6.75. The smallest absolute Gasteiger partial charge is 0.304 e. The van der Waals surface area contributed by atoms with Crippen molar-refractivity contribution in [3.63, 3.8) is 0 Å². The topological polar surface area (TPSA) is 99.9 Å². The Morgan fingerprint density at radius 3 is 2.78 bits per heavy atom. The van der Waals surface area contributed by atoms with Crippen LogP contribution >= 0.6 is 0 Å². The van der Waals surface area contributed by atoms with Gasteiger partial charge in [-0.25, -0.2) is 0 Å². The molecule has 0 bridgehead atoms. The maximum Gasteiger partial charge on any atom is 0.304 e. The highest BCUT2D eigenvalue weighted by molar-refractivity contribution is 7.87. The van der Waals surface area contributed by atoms with E-state index in [-0.39, 0.29) is 13.0 Å². The fourth-order valence-corrected chi connectivity index (χ4v) is 2.36. The highest BCUT2D eigenvalue weighted by atomic mass is 32.2. The van der Waals surface area contributed by atoms with Crippen molar-refractivity contribution >= 4 is 16.2 Å². The summed E-state index contributed by atoms with van der Waals surface area (Å²) < 4.78 is 32.1. The molecule has 0 fully saturated rings. The van der Waals surface area contributed by atoms with Crippen LogP contribution in [0.1, 0.15) is 25.1 Å². The summed E-state index contributed by atoms with van der Waals surface area (Å²) in [5, 5.41) is 8.50. The van der Waals surface area contributed by atoms with E-state index in [1.807, 2.05) is 0 Å². The molecule has 1 aromatic rings. The van der Waals surface area contributed by atoms with Gasteiger partial charge in [0.15, 0.2) is 0 Å². The highest BCUT2D eigenvalue weighted by Crippen LogP contribution is 2.14. The van der Waals surface area contributed by atoms with Gasteiger partial charge in [0.1, 0.15) is 5.76 Å². The Hall–Kier alpha value is -1.38. The molecule has 1 atom stereocenters. The molecule has 2 N–H and O–H groups in total. The molecule has 0 aliphatic heterocycles. The van der Waals surface area contributed by atoms with Crippen molar-refractivity contribution in [1.82, 2.24) is 9.03 Å². The maximum atomic E-state index is 11.8. The van der Waals surface area contributed by atoms with Gasteiger partial charge in [0, 0.05) is 13.6 Å². The Morgan fingerprint density at radius 2 is 2.28 bits per heavy atom. The quantitative estimate of drug-likeness (QED) is 0.759. The van der Waals surface area contributed by atoms with E-state index in [1.165, 1.54) is 13.3 Å². The van der Waals surface area contributed by atoms with E-state index < -0.39 is 22.2 Å². The van der Waals surface area contributed by atoms with Crippen LogP contribution in [0, 0.1) is 0 Å². The number of nitrogens with zero attached hydrogens (tertiary/aromatic N) is 1. The van der Waals surface area contributed by atoms with Gasteiger partial charge in [0.25, 0.3) is 10.2 Å². The Bertz CT molecular complexity index is 482. The average Bonchev–Trinajstić information content (AvgIpc) is 2.78. The number of rotatable bonds is 7. The molecule has 0 aliphatic rings. The van der Waals surface area contributed by atoms with E-state index >= 15 is 0 Å². The summed E-state index contributed by atoms with van der Waals surface area (Å²) in [7, 11) is -2.40. The van der Waals surface area contributed by atoms with E-state index in [4.69, 9.17) is 9.52 Å². The molecule has 0 spiro atoms. The lowest BCUT2D eigenvalue weighted by Gasteiger charge is -2.19. The van der Waals surface area contributed by atoms with Crippen LogP contribution in [0.4, 0.5) is 0 Å². The molecule has 18 heavy (non-hydrogen) atoms. The number of carboxylic acid groups (broad SMARTS) is 1. The van der Waals surface area contributed by atoms with Crippen molar-refractivity contribution in [2.45, 2.75) is 19.4 Å². The second-order valence-electron chi connectivity index (χ2n) is 3.83. The standard InChI is InChI=1S/C10H16N2O5S/c1-8(9-4-3-7-17-9)11-18(15,16)12(2)6-5-10(13)14/h3-4,7-8,11H,5-6H2,1-2H3,(H,13,14)/t8-/m1/s1. The Morgan fingerprint density at radius 1 is 1.61 bits per heavy atom. The van der Waals surface area contributed by atoms with Gasteiger partial charge in [-0.15, -0.1) is 0 Å². The monoisotopic (exact) mass is 276 g/mol. The summed E-state index contributed by atoms with van der Waals surface area (Å²) in [6.07, 6.45) is 1.21. The highest BCUT2D eigenvalue weighted by Gasteiger charge is 2.22. The first-order chi connectivity index (χ1) is 8.33. The SMILES string of the molecule is C[C@@H](NS(=O)(=O)N(C)CCC(=O)O)c1ccco1. The summed E-state index contributed by atoms with van der Waals surface area (Å²) in [4.78, 5) is 10.4. The van der Waals surface area contributed by atoms with Crippen molar-refractivity contribution in [2.24, 2.45) is 0 Å². The van der Waals surface area contributed by atoms with Gasteiger partial charge < -0.3 is 9.52 Å². The summed E-state index contributed by atoms with van der Waals surface area (Å²) in [6, 6.07) is 2.80. The van der Waals surface area contributed by atoms with Crippen LogP contribution in [0.15, 0.2) is 22.8 Å². The maximum absolute atomic E-state index is 11.8. The molecular formula is C10H16N2O5S. The van der Waals surface area contributed by atoms with E-state index in [1.54, 1.807) is 19.1 Å². The van der Waals surface area contributed by atoms with Crippen molar-refractivity contribution < 1.29 is 22.7 Å². The van der Waals surface area contributed by atoms with Gasteiger partial charge in [-0.2, -0.15) is 17.4 Å². The number of furan rings is 1. The lowest BCUT2D eigenvalue weighted by atomic mass is 10.3. The lowest BCUT2D eigenvalue weighted by Crippen LogP contribution is -2.40. The molecule has 7 nitrogen and oxygen atoms in total. The fourth-order valence-electron chi connectivity index (χ4n) is 1.28. The first kappa shape index (κ1) is 14.7. The Labute approximate surface area is 106 Å². The summed E-state index contributed by atoms with van der Waals surface area (Å²) in [5.41, 5.74) is 0. The zero-order valence-electron chi connectivity index (χ0n) is 10.2. The fraction of sp³-hybridized carbons (Fsp3) is 0.500. The molecule has 0 aliphatic carbocycles. The third-order valence-corrected chi connectivity index (χ3v) is 4.00.